The summed E-state index contributed by atoms with van der Waals surface area (Å²) in [6, 6.07) is 15.0. The van der Waals surface area contributed by atoms with Crippen molar-refractivity contribution < 1.29 is 13.2 Å². The summed E-state index contributed by atoms with van der Waals surface area (Å²) in [5.41, 5.74) is 1.98. The van der Waals surface area contributed by atoms with Crippen LogP contribution < -0.4 is 10.0 Å². The van der Waals surface area contributed by atoms with E-state index in [0.29, 0.717) is 17.7 Å². The van der Waals surface area contributed by atoms with Crippen LogP contribution >= 0.6 is 0 Å². The van der Waals surface area contributed by atoms with Gasteiger partial charge in [-0.25, -0.2) is 13.1 Å². The molecule has 1 atom stereocenters. The molecular formula is C22H23N5O3S. The minimum Gasteiger partial charge on any atom is -0.324 e. The molecule has 160 valence electrons. The van der Waals surface area contributed by atoms with Gasteiger partial charge < -0.3 is 5.32 Å². The predicted octanol–water partition coefficient (Wildman–Crippen LogP) is 2.96. The van der Waals surface area contributed by atoms with Crippen LogP contribution in [0.1, 0.15) is 25.8 Å². The Kier molecular flexibility index (Phi) is 5.60. The first kappa shape index (κ1) is 20.8. The average molecular weight is 438 g/mol. The van der Waals surface area contributed by atoms with Crippen LogP contribution in [0.15, 0.2) is 76.9 Å². The molecule has 0 saturated heterocycles. The molecule has 0 bridgehead atoms. The third kappa shape index (κ3) is 4.51. The number of rotatable bonds is 6. The lowest BCUT2D eigenvalue weighted by Crippen LogP contribution is -2.31. The van der Waals surface area contributed by atoms with Crippen LogP contribution in [0.25, 0.3) is 5.69 Å². The van der Waals surface area contributed by atoms with Crippen molar-refractivity contribution in [2.24, 2.45) is 10.9 Å². The Balaban J connectivity index is 1.57. The lowest BCUT2D eigenvalue weighted by molar-refractivity contribution is -0.117. The smallest absolute Gasteiger partial charge is 0.263 e. The quantitative estimate of drug-likeness (QED) is 0.618. The van der Waals surface area contributed by atoms with E-state index in [4.69, 9.17) is 0 Å². The number of amidine groups is 1. The van der Waals surface area contributed by atoms with Gasteiger partial charge in [0, 0.05) is 23.6 Å². The Bertz CT molecular complexity index is 1220. The Hall–Kier alpha value is -3.46. The molecule has 2 heterocycles. The van der Waals surface area contributed by atoms with Crippen molar-refractivity contribution in [1.82, 2.24) is 14.5 Å². The van der Waals surface area contributed by atoms with E-state index >= 15 is 0 Å². The number of sulfonamides is 1. The maximum Gasteiger partial charge on any atom is 0.263 e. The number of anilines is 1. The summed E-state index contributed by atoms with van der Waals surface area (Å²) < 4.78 is 28.9. The number of nitrogens with zero attached hydrogens (tertiary/aromatic N) is 3. The summed E-state index contributed by atoms with van der Waals surface area (Å²) in [7, 11) is -3.66. The zero-order valence-corrected chi connectivity index (χ0v) is 18.0. The maximum absolute atomic E-state index is 13.0. The fourth-order valence-electron chi connectivity index (χ4n) is 3.40. The highest BCUT2D eigenvalue weighted by Gasteiger charge is 2.32. The first-order valence-electron chi connectivity index (χ1n) is 9.94. The number of nitrogens with one attached hydrogen (secondary N) is 2. The number of carbonyl (C=O) groups excluding carboxylic acids is 1. The molecule has 0 aliphatic carbocycles. The predicted molar refractivity (Wildman–Crippen MR) is 119 cm³/mol. The summed E-state index contributed by atoms with van der Waals surface area (Å²) in [4.78, 5) is 17.7. The first-order chi connectivity index (χ1) is 14.8. The van der Waals surface area contributed by atoms with Crippen molar-refractivity contribution in [2.75, 3.05) is 5.32 Å². The minimum atomic E-state index is -3.66. The fourth-order valence-corrected chi connectivity index (χ4v) is 4.63. The molecule has 0 radical (unpaired) electrons. The summed E-state index contributed by atoms with van der Waals surface area (Å²) >= 11 is 0. The van der Waals surface area contributed by atoms with Gasteiger partial charge in [-0.15, -0.1) is 0 Å². The van der Waals surface area contributed by atoms with Gasteiger partial charge in [0.05, 0.1) is 10.6 Å². The van der Waals surface area contributed by atoms with Crippen LogP contribution in [0, 0.1) is 5.92 Å². The van der Waals surface area contributed by atoms with Crippen LogP contribution in [0.4, 0.5) is 5.69 Å². The van der Waals surface area contributed by atoms with Crippen molar-refractivity contribution in [1.29, 1.82) is 0 Å². The van der Waals surface area contributed by atoms with E-state index in [9.17, 15) is 13.2 Å². The second-order valence-corrected chi connectivity index (χ2v) is 9.36. The van der Waals surface area contributed by atoms with E-state index in [1.54, 1.807) is 41.2 Å². The lowest BCUT2D eigenvalue weighted by Gasteiger charge is -2.16. The summed E-state index contributed by atoms with van der Waals surface area (Å²) in [6.07, 6.45) is 4.01. The zero-order chi connectivity index (χ0) is 22.0. The largest absolute Gasteiger partial charge is 0.324 e. The first-order valence-corrected chi connectivity index (χ1v) is 11.4. The number of benzene rings is 2. The molecule has 1 aliphatic heterocycles. The van der Waals surface area contributed by atoms with Crippen LogP contribution in [0.3, 0.4) is 0 Å². The monoisotopic (exact) mass is 437 g/mol. The molecule has 9 heteroatoms. The SMILES string of the molecule is CC(C)CC(N=C1NS(=O)(=O)c2ccccc21)C(=O)Nc1ccc(-n2cccn2)cc1. The highest BCUT2D eigenvalue weighted by Crippen LogP contribution is 2.24. The van der Waals surface area contributed by atoms with Crippen molar-refractivity contribution >= 4 is 27.5 Å². The number of aromatic nitrogens is 2. The van der Waals surface area contributed by atoms with E-state index in [-0.39, 0.29) is 22.6 Å². The van der Waals surface area contributed by atoms with E-state index < -0.39 is 16.1 Å². The van der Waals surface area contributed by atoms with Crippen molar-refractivity contribution in [2.45, 2.75) is 31.2 Å². The lowest BCUT2D eigenvalue weighted by atomic mass is 10.0. The Labute approximate surface area is 181 Å². The minimum absolute atomic E-state index is 0.173. The van der Waals surface area contributed by atoms with Crippen LogP contribution in [-0.4, -0.2) is 36.0 Å². The maximum atomic E-state index is 13.0. The molecule has 31 heavy (non-hydrogen) atoms. The van der Waals surface area contributed by atoms with Gasteiger partial charge in [0.1, 0.15) is 11.9 Å². The Morgan fingerprint density at radius 3 is 2.55 bits per heavy atom. The summed E-state index contributed by atoms with van der Waals surface area (Å²) in [6.45, 7) is 3.98. The number of fused-ring (bicyclic) bond motifs is 1. The second-order valence-electron chi connectivity index (χ2n) is 7.71. The van der Waals surface area contributed by atoms with Crippen LogP contribution in [0.2, 0.25) is 0 Å². The third-order valence-electron chi connectivity index (χ3n) is 4.85. The van der Waals surface area contributed by atoms with Gasteiger partial charge in [0.25, 0.3) is 10.0 Å². The third-order valence-corrected chi connectivity index (χ3v) is 6.25. The molecule has 3 aromatic rings. The molecule has 2 aromatic carbocycles. The van der Waals surface area contributed by atoms with Gasteiger partial charge in [-0.2, -0.15) is 5.10 Å². The number of aliphatic imine (C=N–C) groups is 1. The molecule has 0 spiro atoms. The summed E-state index contributed by atoms with van der Waals surface area (Å²) in [5, 5.41) is 7.07. The second kappa shape index (κ2) is 8.35. The van der Waals surface area contributed by atoms with Crippen LogP contribution in [-0.2, 0) is 14.8 Å². The van der Waals surface area contributed by atoms with Gasteiger partial charge in [0.2, 0.25) is 5.91 Å². The van der Waals surface area contributed by atoms with Crippen molar-refractivity contribution in [3.05, 3.63) is 72.6 Å². The molecule has 1 aliphatic rings. The zero-order valence-electron chi connectivity index (χ0n) is 17.2. The van der Waals surface area contributed by atoms with E-state index in [2.05, 4.69) is 20.1 Å². The molecule has 1 amide bonds. The molecular weight excluding hydrogens is 414 g/mol. The fraction of sp³-hybridized carbons (Fsp3) is 0.227. The number of hydrogen-bond acceptors (Lipinski definition) is 5. The number of hydrogen-bond donors (Lipinski definition) is 2. The van der Waals surface area contributed by atoms with Gasteiger partial charge in [-0.1, -0.05) is 26.0 Å². The number of carbonyl (C=O) groups is 1. The Morgan fingerprint density at radius 1 is 1.13 bits per heavy atom. The van der Waals surface area contributed by atoms with Crippen molar-refractivity contribution in [3.8, 4) is 5.69 Å². The van der Waals surface area contributed by atoms with E-state index in [1.165, 1.54) is 6.07 Å². The molecule has 4 rings (SSSR count). The highest BCUT2D eigenvalue weighted by molar-refractivity contribution is 7.90. The van der Waals surface area contributed by atoms with Gasteiger partial charge >= 0.3 is 0 Å². The average Bonchev–Trinajstić information content (AvgIpc) is 3.35. The highest BCUT2D eigenvalue weighted by atomic mass is 32.2. The summed E-state index contributed by atoms with van der Waals surface area (Å²) in [5.74, 6) is 0.0950. The molecule has 0 fully saturated rings. The van der Waals surface area contributed by atoms with Gasteiger partial charge in [0.15, 0.2) is 0 Å². The Morgan fingerprint density at radius 2 is 1.87 bits per heavy atom. The van der Waals surface area contributed by atoms with Gasteiger partial charge in [-0.3, -0.25) is 14.5 Å². The molecule has 0 saturated carbocycles. The van der Waals surface area contributed by atoms with E-state index in [1.807, 2.05) is 38.2 Å². The number of amides is 1. The molecule has 1 unspecified atom stereocenters. The molecule has 2 N–H and O–H groups in total. The van der Waals surface area contributed by atoms with Crippen LogP contribution in [0.5, 0.6) is 0 Å². The standard InChI is InChI=1S/C22H23N5O3S/c1-15(2)14-19(25-21-18-6-3-4-7-20(18)31(29,30)26-21)22(28)24-16-8-10-17(11-9-16)27-13-5-12-23-27/h3-13,15,19H,14H2,1-2H3,(H,24,28)(H,25,26). The molecule has 1 aromatic heterocycles. The molecule has 8 nitrogen and oxygen atoms in total. The normalized spacial score (nSPS) is 16.7. The van der Waals surface area contributed by atoms with Crippen molar-refractivity contribution in [3.63, 3.8) is 0 Å². The van der Waals surface area contributed by atoms with E-state index in [0.717, 1.165) is 5.69 Å². The van der Waals surface area contributed by atoms with Gasteiger partial charge in [-0.05, 0) is 54.8 Å². The topological polar surface area (TPSA) is 105 Å².